The smallest absolute Gasteiger partial charge is 0.262 e. The first-order valence-corrected chi connectivity index (χ1v) is 13.0. The van der Waals surface area contributed by atoms with Gasteiger partial charge < -0.3 is 19.7 Å². The number of rotatable bonds is 6. The van der Waals surface area contributed by atoms with E-state index in [-0.39, 0.29) is 11.8 Å². The minimum absolute atomic E-state index is 0.00641. The molecule has 0 bridgehead atoms. The number of thioether (sulfide) groups is 1. The number of nitrogens with zero attached hydrogens (tertiary/aromatic N) is 2. The van der Waals surface area contributed by atoms with Crippen molar-refractivity contribution >= 4 is 35.3 Å². The van der Waals surface area contributed by atoms with Crippen molar-refractivity contribution in [2.75, 3.05) is 45.7 Å². The van der Waals surface area contributed by atoms with Gasteiger partial charge in [-0.2, -0.15) is 0 Å². The molecular weight excluding hydrogens is 486 g/mol. The summed E-state index contributed by atoms with van der Waals surface area (Å²) in [5.41, 5.74) is 3.36. The van der Waals surface area contributed by atoms with Crippen molar-refractivity contribution in [3.8, 4) is 11.5 Å². The van der Waals surface area contributed by atoms with Gasteiger partial charge in [0.2, 0.25) is 0 Å². The summed E-state index contributed by atoms with van der Waals surface area (Å²) < 4.78 is 10.7. The molecule has 7 nitrogen and oxygen atoms in total. The molecule has 3 aromatic carbocycles. The number of piperazine rings is 1. The van der Waals surface area contributed by atoms with Crippen LogP contribution >= 0.6 is 11.8 Å². The fourth-order valence-electron chi connectivity index (χ4n) is 4.52. The second-order valence-electron chi connectivity index (χ2n) is 8.94. The Morgan fingerprint density at radius 2 is 1.70 bits per heavy atom. The Hall–Kier alpha value is -3.75. The maximum absolute atomic E-state index is 13.2. The van der Waals surface area contributed by atoms with Gasteiger partial charge in [-0.25, -0.2) is 0 Å². The summed E-state index contributed by atoms with van der Waals surface area (Å²) in [6.07, 6.45) is 1.82. The van der Waals surface area contributed by atoms with E-state index in [9.17, 15) is 9.59 Å². The van der Waals surface area contributed by atoms with Crippen LogP contribution in [0, 0.1) is 0 Å². The van der Waals surface area contributed by atoms with Crippen LogP contribution in [0.25, 0.3) is 6.08 Å². The molecule has 1 fully saturated rings. The average Bonchev–Trinajstić information content (AvgIpc) is 2.93. The lowest BCUT2D eigenvalue weighted by Crippen LogP contribution is -2.48. The molecule has 0 saturated carbocycles. The van der Waals surface area contributed by atoms with Crippen molar-refractivity contribution in [3.63, 3.8) is 0 Å². The van der Waals surface area contributed by atoms with Crippen LogP contribution in [0.5, 0.6) is 11.5 Å². The highest BCUT2D eigenvalue weighted by Crippen LogP contribution is 2.40. The van der Waals surface area contributed by atoms with Crippen LogP contribution in [-0.4, -0.2) is 62.0 Å². The third-order valence-electron chi connectivity index (χ3n) is 6.53. The SMILES string of the molecule is COc1ccc(/C=C2/Sc3ccc(C(=O)N4CCN(Cc5ccccc5)CC4)cc3NC2=O)cc1OC. The van der Waals surface area contributed by atoms with Crippen molar-refractivity contribution in [1.82, 2.24) is 9.80 Å². The number of ether oxygens (including phenoxy) is 2. The Bertz CT molecular complexity index is 1330. The molecule has 2 aliphatic rings. The zero-order valence-electron chi connectivity index (χ0n) is 20.9. The van der Waals surface area contributed by atoms with Gasteiger partial charge in [0, 0.05) is 43.2 Å². The van der Waals surface area contributed by atoms with Gasteiger partial charge in [-0.3, -0.25) is 14.5 Å². The maximum Gasteiger partial charge on any atom is 0.262 e. The molecule has 0 radical (unpaired) electrons. The molecule has 2 heterocycles. The molecule has 8 heteroatoms. The molecule has 5 rings (SSSR count). The molecule has 2 amide bonds. The minimum Gasteiger partial charge on any atom is -0.493 e. The standard InChI is InChI=1S/C29H29N3O4S/c1-35-24-10-8-21(16-25(24)36-2)17-27-28(33)30-23-18-22(9-11-26(23)37-27)29(34)32-14-12-31(13-15-32)19-20-6-4-3-5-7-20/h3-11,16-18H,12-15,19H2,1-2H3,(H,30,33)/b27-17+. The predicted octanol–water partition coefficient (Wildman–Crippen LogP) is 4.75. The number of carbonyl (C=O) groups excluding carboxylic acids is 2. The van der Waals surface area contributed by atoms with Gasteiger partial charge in [0.1, 0.15) is 0 Å². The van der Waals surface area contributed by atoms with Crippen LogP contribution in [-0.2, 0) is 11.3 Å². The van der Waals surface area contributed by atoms with E-state index in [1.165, 1.54) is 17.3 Å². The molecule has 3 aromatic rings. The molecule has 0 atom stereocenters. The largest absolute Gasteiger partial charge is 0.493 e. The van der Waals surface area contributed by atoms with Gasteiger partial charge in [0.15, 0.2) is 11.5 Å². The number of anilines is 1. The number of hydrogen-bond acceptors (Lipinski definition) is 6. The molecule has 2 aliphatic heterocycles. The Morgan fingerprint density at radius 3 is 2.43 bits per heavy atom. The lowest BCUT2D eigenvalue weighted by Gasteiger charge is -2.35. The van der Waals surface area contributed by atoms with Crippen molar-refractivity contribution in [3.05, 3.63) is 88.3 Å². The highest BCUT2D eigenvalue weighted by Gasteiger charge is 2.26. The van der Waals surface area contributed by atoms with Crippen LogP contribution in [0.3, 0.4) is 0 Å². The maximum atomic E-state index is 13.2. The van der Waals surface area contributed by atoms with E-state index in [1.54, 1.807) is 20.3 Å². The summed E-state index contributed by atoms with van der Waals surface area (Å²) in [6.45, 7) is 3.93. The van der Waals surface area contributed by atoms with Crippen LogP contribution in [0.1, 0.15) is 21.5 Å². The molecule has 190 valence electrons. The molecular formula is C29H29N3O4S. The number of hydrogen-bond donors (Lipinski definition) is 1. The second-order valence-corrected chi connectivity index (χ2v) is 10.0. The highest BCUT2D eigenvalue weighted by molar-refractivity contribution is 8.04. The molecule has 0 spiro atoms. The number of methoxy groups -OCH3 is 2. The van der Waals surface area contributed by atoms with Crippen LogP contribution in [0.4, 0.5) is 5.69 Å². The van der Waals surface area contributed by atoms with Gasteiger partial charge >= 0.3 is 0 Å². The van der Waals surface area contributed by atoms with Crippen molar-refractivity contribution in [2.24, 2.45) is 0 Å². The molecule has 0 aliphatic carbocycles. The Labute approximate surface area is 221 Å². The molecule has 0 unspecified atom stereocenters. The fraction of sp³-hybridized carbons (Fsp3) is 0.241. The lowest BCUT2D eigenvalue weighted by molar-refractivity contribution is -0.112. The zero-order chi connectivity index (χ0) is 25.8. The highest BCUT2D eigenvalue weighted by atomic mass is 32.2. The summed E-state index contributed by atoms with van der Waals surface area (Å²) in [4.78, 5) is 31.8. The lowest BCUT2D eigenvalue weighted by atomic mass is 10.1. The van der Waals surface area contributed by atoms with Gasteiger partial charge in [-0.15, -0.1) is 0 Å². The Kier molecular flexibility index (Phi) is 7.48. The Morgan fingerprint density at radius 1 is 0.946 bits per heavy atom. The normalized spacial score (nSPS) is 16.8. The zero-order valence-corrected chi connectivity index (χ0v) is 21.7. The third kappa shape index (κ3) is 5.65. The third-order valence-corrected chi connectivity index (χ3v) is 7.63. The number of nitrogens with one attached hydrogen (secondary N) is 1. The first kappa shape index (κ1) is 24.9. The molecule has 37 heavy (non-hydrogen) atoms. The van der Waals surface area contributed by atoms with Gasteiger partial charge in [-0.05, 0) is 47.5 Å². The molecule has 0 aromatic heterocycles. The quantitative estimate of drug-likeness (QED) is 0.478. The summed E-state index contributed by atoms with van der Waals surface area (Å²) in [7, 11) is 3.17. The summed E-state index contributed by atoms with van der Waals surface area (Å²) >= 11 is 1.39. The molecule has 1 N–H and O–H groups in total. The van der Waals surface area contributed by atoms with E-state index < -0.39 is 0 Å². The fourth-order valence-corrected chi connectivity index (χ4v) is 5.45. The van der Waals surface area contributed by atoms with Crippen LogP contribution < -0.4 is 14.8 Å². The van der Waals surface area contributed by atoms with E-state index in [2.05, 4.69) is 34.5 Å². The minimum atomic E-state index is -0.202. The first-order valence-electron chi connectivity index (χ1n) is 12.2. The first-order chi connectivity index (χ1) is 18.0. The van der Waals surface area contributed by atoms with E-state index in [1.807, 2.05) is 47.4 Å². The van der Waals surface area contributed by atoms with E-state index in [4.69, 9.17) is 9.47 Å². The Balaban J connectivity index is 1.24. The monoisotopic (exact) mass is 515 g/mol. The van der Waals surface area contributed by atoms with Crippen molar-refractivity contribution in [2.45, 2.75) is 11.4 Å². The van der Waals surface area contributed by atoms with E-state index >= 15 is 0 Å². The van der Waals surface area contributed by atoms with E-state index in [0.717, 1.165) is 30.1 Å². The topological polar surface area (TPSA) is 71.1 Å². The van der Waals surface area contributed by atoms with Gasteiger partial charge in [0.05, 0.1) is 24.8 Å². The second kappa shape index (κ2) is 11.1. The van der Waals surface area contributed by atoms with Crippen molar-refractivity contribution in [1.29, 1.82) is 0 Å². The molecule has 1 saturated heterocycles. The summed E-state index contributed by atoms with van der Waals surface area (Å²) in [5.74, 6) is 1.02. The van der Waals surface area contributed by atoms with Crippen molar-refractivity contribution < 1.29 is 19.1 Å². The van der Waals surface area contributed by atoms with E-state index in [0.29, 0.717) is 40.7 Å². The number of fused-ring (bicyclic) bond motifs is 1. The van der Waals surface area contributed by atoms with Gasteiger partial charge in [0.25, 0.3) is 11.8 Å². The van der Waals surface area contributed by atoms with Crippen LogP contribution in [0.15, 0.2) is 76.5 Å². The number of amides is 2. The number of carbonyl (C=O) groups is 2. The van der Waals surface area contributed by atoms with Crippen LogP contribution in [0.2, 0.25) is 0 Å². The average molecular weight is 516 g/mol. The predicted molar refractivity (Wildman–Crippen MR) is 146 cm³/mol. The summed E-state index contributed by atoms with van der Waals surface area (Å²) in [6, 6.07) is 21.4. The van der Waals surface area contributed by atoms with Gasteiger partial charge in [-0.1, -0.05) is 48.2 Å². The summed E-state index contributed by atoms with van der Waals surface area (Å²) in [5, 5.41) is 2.95. The number of benzene rings is 3.